The number of hydrogen-bond acceptors (Lipinski definition) is 2. The molecule has 4 rings (SSSR count). The van der Waals surface area contributed by atoms with Crippen molar-refractivity contribution < 1.29 is 0 Å². The van der Waals surface area contributed by atoms with Gasteiger partial charge in [0.2, 0.25) is 0 Å². The Bertz CT molecular complexity index is 986. The summed E-state index contributed by atoms with van der Waals surface area (Å²) in [6.45, 7) is 0. The third kappa shape index (κ3) is 2.06. The van der Waals surface area contributed by atoms with Gasteiger partial charge in [-0.05, 0) is 63.0 Å². The lowest BCUT2D eigenvalue weighted by Gasteiger charge is -2.08. The summed E-state index contributed by atoms with van der Waals surface area (Å²) in [5, 5.41) is 4.88. The van der Waals surface area contributed by atoms with E-state index in [2.05, 4.69) is 48.5 Å². The number of nitrogens with two attached hydrogens (primary N) is 2. The van der Waals surface area contributed by atoms with Crippen LogP contribution in [0.15, 0.2) is 72.8 Å². The molecule has 0 heterocycles. The van der Waals surface area contributed by atoms with E-state index in [1.54, 1.807) is 0 Å². The van der Waals surface area contributed by atoms with Crippen molar-refractivity contribution in [1.29, 1.82) is 0 Å². The van der Waals surface area contributed by atoms with Crippen molar-refractivity contribution in [3.8, 4) is 11.1 Å². The fourth-order valence-corrected chi connectivity index (χ4v) is 2.94. The Hall–Kier alpha value is -3.00. The highest BCUT2D eigenvalue weighted by Crippen LogP contribution is 2.30. The molecule has 0 fully saturated rings. The van der Waals surface area contributed by atoms with Gasteiger partial charge in [-0.25, -0.2) is 0 Å². The summed E-state index contributed by atoms with van der Waals surface area (Å²) in [5.41, 5.74) is 15.6. The molecule has 0 aliphatic carbocycles. The Kier molecular flexibility index (Phi) is 2.76. The molecule has 4 aromatic rings. The molecule has 0 aliphatic rings. The van der Waals surface area contributed by atoms with E-state index >= 15 is 0 Å². The molecule has 0 radical (unpaired) electrons. The van der Waals surface area contributed by atoms with E-state index in [1.807, 2.05) is 24.3 Å². The number of nitrogen functional groups attached to an aromatic ring is 2. The highest BCUT2D eigenvalue weighted by molar-refractivity contribution is 6.09. The predicted molar refractivity (Wildman–Crippen MR) is 95.7 cm³/mol. The molecule has 0 amide bonds. The molecule has 2 heteroatoms. The van der Waals surface area contributed by atoms with Crippen molar-refractivity contribution >= 4 is 32.9 Å². The molecular formula is C20H16N2. The van der Waals surface area contributed by atoms with Crippen LogP contribution in [-0.2, 0) is 0 Å². The van der Waals surface area contributed by atoms with Crippen LogP contribution in [0, 0.1) is 0 Å². The van der Waals surface area contributed by atoms with Crippen LogP contribution in [0.5, 0.6) is 0 Å². The van der Waals surface area contributed by atoms with Gasteiger partial charge in [0.05, 0.1) is 0 Å². The maximum atomic E-state index is 5.87. The minimum Gasteiger partial charge on any atom is -0.399 e. The van der Waals surface area contributed by atoms with Crippen LogP contribution in [0.2, 0.25) is 0 Å². The molecule has 22 heavy (non-hydrogen) atoms. The smallest absolute Gasteiger partial charge is 0.0320 e. The van der Waals surface area contributed by atoms with E-state index in [9.17, 15) is 0 Å². The van der Waals surface area contributed by atoms with Crippen molar-refractivity contribution in [3.05, 3.63) is 72.8 Å². The highest BCUT2D eigenvalue weighted by Gasteiger charge is 2.04. The maximum absolute atomic E-state index is 5.87. The molecule has 0 unspecified atom stereocenters. The van der Waals surface area contributed by atoms with Gasteiger partial charge in [0.15, 0.2) is 0 Å². The highest BCUT2D eigenvalue weighted by atomic mass is 14.5. The van der Waals surface area contributed by atoms with E-state index < -0.39 is 0 Å². The summed E-state index contributed by atoms with van der Waals surface area (Å²) in [6, 6.07) is 24.9. The third-order valence-electron chi connectivity index (χ3n) is 4.10. The van der Waals surface area contributed by atoms with Crippen LogP contribution in [0.4, 0.5) is 11.4 Å². The molecule has 2 nitrogen and oxygen atoms in total. The van der Waals surface area contributed by atoms with Gasteiger partial charge in [0.25, 0.3) is 0 Å². The lowest BCUT2D eigenvalue weighted by molar-refractivity contribution is 1.64. The molecule has 106 valence electrons. The van der Waals surface area contributed by atoms with Crippen molar-refractivity contribution in [3.63, 3.8) is 0 Å². The van der Waals surface area contributed by atoms with Crippen molar-refractivity contribution in [1.82, 2.24) is 0 Å². The van der Waals surface area contributed by atoms with Gasteiger partial charge in [-0.1, -0.05) is 42.5 Å². The van der Waals surface area contributed by atoms with Crippen molar-refractivity contribution in [2.24, 2.45) is 0 Å². The number of benzene rings is 4. The Morgan fingerprint density at radius 3 is 1.73 bits per heavy atom. The van der Waals surface area contributed by atoms with Crippen LogP contribution < -0.4 is 11.5 Å². The van der Waals surface area contributed by atoms with E-state index in [0.717, 1.165) is 11.4 Å². The summed E-state index contributed by atoms with van der Waals surface area (Å²) < 4.78 is 0. The average Bonchev–Trinajstić information content (AvgIpc) is 2.54. The summed E-state index contributed by atoms with van der Waals surface area (Å²) >= 11 is 0. The monoisotopic (exact) mass is 284 g/mol. The van der Waals surface area contributed by atoms with Gasteiger partial charge in [0.1, 0.15) is 0 Å². The predicted octanol–water partition coefficient (Wildman–Crippen LogP) is 4.82. The molecule has 4 N–H and O–H groups in total. The third-order valence-corrected chi connectivity index (χ3v) is 4.10. The Labute approximate surface area is 129 Å². The lowest BCUT2D eigenvalue weighted by Crippen LogP contribution is -1.86. The van der Waals surface area contributed by atoms with Crippen LogP contribution in [0.25, 0.3) is 32.7 Å². The summed E-state index contributed by atoms with van der Waals surface area (Å²) in [6.07, 6.45) is 0. The molecule has 4 aromatic carbocycles. The zero-order valence-electron chi connectivity index (χ0n) is 12.1. The molecule has 0 spiro atoms. The molecule has 0 aromatic heterocycles. The SMILES string of the molecule is Nc1ccc(-c2ccc3c(ccc4cc(N)ccc43)c2)cc1. The second-order valence-corrected chi connectivity index (χ2v) is 5.60. The largest absolute Gasteiger partial charge is 0.399 e. The van der Waals surface area contributed by atoms with Gasteiger partial charge in [0, 0.05) is 11.4 Å². The van der Waals surface area contributed by atoms with Crippen LogP contribution in [0.1, 0.15) is 0 Å². The standard InChI is InChI=1S/C20H16N2/c21-17-6-3-13(4-7-17)14-5-9-19-15(11-14)1-2-16-12-18(22)8-10-20(16)19/h1-12H,21-22H2. The second kappa shape index (κ2) is 4.78. The van der Waals surface area contributed by atoms with Gasteiger partial charge >= 0.3 is 0 Å². The first-order valence-corrected chi connectivity index (χ1v) is 7.29. The molecular weight excluding hydrogens is 268 g/mol. The Morgan fingerprint density at radius 2 is 1.00 bits per heavy atom. The van der Waals surface area contributed by atoms with E-state index in [0.29, 0.717) is 0 Å². The van der Waals surface area contributed by atoms with E-state index in [4.69, 9.17) is 11.5 Å². The number of rotatable bonds is 1. The zero-order chi connectivity index (χ0) is 15.1. The molecule has 0 saturated carbocycles. The van der Waals surface area contributed by atoms with Crippen LogP contribution in [0.3, 0.4) is 0 Å². The average molecular weight is 284 g/mol. The first kappa shape index (κ1) is 12.7. The van der Waals surface area contributed by atoms with Gasteiger partial charge < -0.3 is 11.5 Å². The molecule has 0 atom stereocenters. The maximum Gasteiger partial charge on any atom is 0.0320 e. The molecule has 0 aliphatic heterocycles. The number of anilines is 2. The lowest BCUT2D eigenvalue weighted by atomic mass is 9.97. The van der Waals surface area contributed by atoms with Crippen LogP contribution in [-0.4, -0.2) is 0 Å². The zero-order valence-corrected chi connectivity index (χ0v) is 12.1. The second-order valence-electron chi connectivity index (χ2n) is 5.60. The van der Waals surface area contributed by atoms with E-state index in [-0.39, 0.29) is 0 Å². The van der Waals surface area contributed by atoms with Gasteiger partial charge in [-0.15, -0.1) is 0 Å². The number of fused-ring (bicyclic) bond motifs is 3. The van der Waals surface area contributed by atoms with E-state index in [1.165, 1.54) is 32.7 Å². The molecule has 0 bridgehead atoms. The summed E-state index contributed by atoms with van der Waals surface area (Å²) in [7, 11) is 0. The fourth-order valence-electron chi connectivity index (χ4n) is 2.94. The minimum atomic E-state index is 0.785. The van der Waals surface area contributed by atoms with Crippen molar-refractivity contribution in [2.75, 3.05) is 11.5 Å². The summed E-state index contributed by atoms with van der Waals surface area (Å²) in [4.78, 5) is 0. The van der Waals surface area contributed by atoms with Gasteiger partial charge in [-0.2, -0.15) is 0 Å². The first-order valence-electron chi connectivity index (χ1n) is 7.29. The first-order chi connectivity index (χ1) is 10.7. The Morgan fingerprint density at radius 1 is 0.455 bits per heavy atom. The minimum absolute atomic E-state index is 0.785. The Balaban J connectivity index is 1.93. The quantitative estimate of drug-likeness (QED) is 0.389. The number of hydrogen-bond donors (Lipinski definition) is 2. The van der Waals surface area contributed by atoms with Crippen LogP contribution >= 0.6 is 0 Å². The summed E-state index contributed by atoms with van der Waals surface area (Å²) in [5.74, 6) is 0. The van der Waals surface area contributed by atoms with Crippen molar-refractivity contribution in [2.45, 2.75) is 0 Å². The fraction of sp³-hybridized carbons (Fsp3) is 0. The normalized spacial score (nSPS) is 11.1. The van der Waals surface area contributed by atoms with Gasteiger partial charge in [-0.3, -0.25) is 0 Å². The molecule has 0 saturated heterocycles. The topological polar surface area (TPSA) is 52.0 Å².